The number of anilines is 1. The van der Waals surface area contributed by atoms with E-state index >= 15 is 0 Å². The molecule has 3 rings (SSSR count). The maximum absolute atomic E-state index is 11.0. The van der Waals surface area contributed by atoms with Crippen molar-refractivity contribution in [2.75, 3.05) is 38.7 Å². The summed E-state index contributed by atoms with van der Waals surface area (Å²) in [5, 5.41) is 11.4. The molecule has 1 aromatic heterocycles. The van der Waals surface area contributed by atoms with Gasteiger partial charge in [0.05, 0.1) is 18.9 Å². The molecule has 1 aromatic carbocycles. The van der Waals surface area contributed by atoms with E-state index in [9.17, 15) is 5.11 Å². The van der Waals surface area contributed by atoms with E-state index in [-0.39, 0.29) is 6.01 Å². The van der Waals surface area contributed by atoms with Gasteiger partial charge in [-0.05, 0) is 12.0 Å². The van der Waals surface area contributed by atoms with Gasteiger partial charge in [-0.15, -0.1) is 0 Å². The van der Waals surface area contributed by atoms with Crippen LogP contribution in [-0.2, 0) is 6.54 Å². The average Bonchev–Trinajstić information content (AvgIpc) is 2.96. The first-order valence-corrected chi connectivity index (χ1v) is 8.63. The van der Waals surface area contributed by atoms with E-state index in [2.05, 4.69) is 27.0 Å². The highest BCUT2D eigenvalue weighted by atomic mass is 35.5. The molecule has 6 nitrogen and oxygen atoms in total. The van der Waals surface area contributed by atoms with Gasteiger partial charge in [0.25, 0.3) is 0 Å². The molecule has 0 saturated carbocycles. The fraction of sp³-hybridized carbons (Fsp3) is 0.444. The third kappa shape index (κ3) is 4.39. The summed E-state index contributed by atoms with van der Waals surface area (Å²) in [4.78, 5) is 12.4. The van der Waals surface area contributed by atoms with Crippen molar-refractivity contribution in [1.29, 1.82) is 0 Å². The van der Waals surface area contributed by atoms with E-state index in [0.29, 0.717) is 30.4 Å². The Morgan fingerprint density at radius 1 is 1.36 bits per heavy atom. The van der Waals surface area contributed by atoms with Crippen LogP contribution in [0.15, 0.2) is 36.5 Å². The predicted molar refractivity (Wildman–Crippen MR) is 98.1 cm³/mol. The monoisotopic (exact) mass is 362 g/mol. The number of likely N-dealkylation sites (N-methyl/N-ethyl adjacent to an activating group) is 1. The fourth-order valence-electron chi connectivity index (χ4n) is 3.27. The second kappa shape index (κ2) is 7.56. The van der Waals surface area contributed by atoms with Crippen LogP contribution < -0.4 is 9.64 Å². The van der Waals surface area contributed by atoms with Gasteiger partial charge in [-0.25, -0.2) is 4.98 Å². The van der Waals surface area contributed by atoms with Gasteiger partial charge in [-0.3, -0.25) is 4.90 Å². The third-order valence-corrected chi connectivity index (χ3v) is 4.71. The Kier molecular flexibility index (Phi) is 5.42. The Balaban J connectivity index is 1.64. The summed E-state index contributed by atoms with van der Waals surface area (Å²) in [6.45, 7) is 2.76. The normalized spacial score (nSPS) is 20.6. The largest absolute Gasteiger partial charge is 0.467 e. The van der Waals surface area contributed by atoms with E-state index in [0.717, 1.165) is 13.1 Å². The number of ether oxygens (including phenoxy) is 1. The second-order valence-electron chi connectivity index (χ2n) is 6.55. The molecule has 1 unspecified atom stereocenters. The van der Waals surface area contributed by atoms with Crippen molar-refractivity contribution in [2.24, 2.45) is 0 Å². The lowest BCUT2D eigenvalue weighted by Crippen LogP contribution is -2.44. The SMILES string of the molecule is COc1ncc(Cl)c(N(C)CC2(O)CCN(Cc3ccccc3)C2)n1. The average molecular weight is 363 g/mol. The lowest BCUT2D eigenvalue weighted by Gasteiger charge is -2.30. The molecule has 0 aliphatic carbocycles. The molecule has 0 spiro atoms. The van der Waals surface area contributed by atoms with Crippen molar-refractivity contribution in [3.05, 3.63) is 47.1 Å². The van der Waals surface area contributed by atoms with Crippen molar-refractivity contribution in [2.45, 2.75) is 18.6 Å². The van der Waals surface area contributed by atoms with Gasteiger partial charge in [0.15, 0.2) is 5.82 Å². The Morgan fingerprint density at radius 2 is 2.12 bits per heavy atom. The number of rotatable bonds is 6. The van der Waals surface area contributed by atoms with Gasteiger partial charge in [0, 0.05) is 33.2 Å². The minimum atomic E-state index is -0.801. The number of hydrogen-bond donors (Lipinski definition) is 1. The molecule has 1 saturated heterocycles. The Morgan fingerprint density at radius 3 is 2.84 bits per heavy atom. The van der Waals surface area contributed by atoms with Crippen LogP contribution in [0.2, 0.25) is 5.02 Å². The van der Waals surface area contributed by atoms with Crippen molar-refractivity contribution in [3.8, 4) is 6.01 Å². The molecule has 1 atom stereocenters. The number of methoxy groups -OCH3 is 1. The molecule has 25 heavy (non-hydrogen) atoms. The van der Waals surface area contributed by atoms with Gasteiger partial charge in [0.2, 0.25) is 0 Å². The number of β-amino-alcohol motifs (C(OH)–C–C–N with tert-alkyl or cyclic N) is 1. The topological polar surface area (TPSA) is 61.7 Å². The first-order chi connectivity index (χ1) is 12.0. The minimum Gasteiger partial charge on any atom is -0.467 e. The number of nitrogens with zero attached hydrogens (tertiary/aromatic N) is 4. The number of aliphatic hydroxyl groups is 1. The van der Waals surface area contributed by atoms with Crippen LogP contribution in [0.1, 0.15) is 12.0 Å². The number of likely N-dealkylation sites (tertiary alicyclic amines) is 1. The Hall–Kier alpha value is -1.89. The van der Waals surface area contributed by atoms with Crippen LogP contribution in [0.5, 0.6) is 6.01 Å². The summed E-state index contributed by atoms with van der Waals surface area (Å²) in [7, 11) is 3.38. The van der Waals surface area contributed by atoms with Gasteiger partial charge in [0.1, 0.15) is 5.02 Å². The molecule has 0 radical (unpaired) electrons. The molecule has 134 valence electrons. The molecule has 7 heteroatoms. The first kappa shape index (κ1) is 17.9. The number of aromatic nitrogens is 2. The lowest BCUT2D eigenvalue weighted by molar-refractivity contribution is 0.0561. The second-order valence-corrected chi connectivity index (χ2v) is 6.96. The summed E-state index contributed by atoms with van der Waals surface area (Å²) in [5.41, 5.74) is 0.453. The van der Waals surface area contributed by atoms with Gasteiger partial charge >= 0.3 is 6.01 Å². The lowest BCUT2D eigenvalue weighted by atomic mass is 10.0. The molecule has 1 aliphatic heterocycles. The van der Waals surface area contributed by atoms with Crippen molar-refractivity contribution in [3.63, 3.8) is 0 Å². The van der Waals surface area contributed by atoms with Gasteiger partial charge < -0.3 is 14.7 Å². The van der Waals surface area contributed by atoms with Crippen LogP contribution >= 0.6 is 11.6 Å². The number of halogens is 1. The van der Waals surface area contributed by atoms with Crippen LogP contribution in [0.4, 0.5) is 5.82 Å². The zero-order valence-corrected chi connectivity index (χ0v) is 15.3. The minimum absolute atomic E-state index is 0.260. The zero-order chi connectivity index (χ0) is 17.9. The maximum atomic E-state index is 11.0. The van der Waals surface area contributed by atoms with Crippen molar-refractivity contribution in [1.82, 2.24) is 14.9 Å². The molecular formula is C18H23ClN4O2. The predicted octanol–water partition coefficient (Wildman–Crippen LogP) is 2.21. The van der Waals surface area contributed by atoms with E-state index in [4.69, 9.17) is 16.3 Å². The Labute approximate surface area is 153 Å². The highest BCUT2D eigenvalue weighted by Crippen LogP contribution is 2.28. The maximum Gasteiger partial charge on any atom is 0.318 e. The van der Waals surface area contributed by atoms with E-state index in [1.54, 1.807) is 0 Å². The molecule has 2 heterocycles. The van der Waals surface area contributed by atoms with Crippen LogP contribution in [0.3, 0.4) is 0 Å². The van der Waals surface area contributed by atoms with Crippen LogP contribution in [-0.4, -0.2) is 59.4 Å². The van der Waals surface area contributed by atoms with E-state index < -0.39 is 5.60 Å². The summed E-state index contributed by atoms with van der Waals surface area (Å²) >= 11 is 6.20. The smallest absolute Gasteiger partial charge is 0.318 e. The third-order valence-electron chi connectivity index (χ3n) is 4.44. The molecule has 1 N–H and O–H groups in total. The van der Waals surface area contributed by atoms with Crippen molar-refractivity contribution >= 4 is 17.4 Å². The summed E-state index contributed by atoms with van der Waals surface area (Å²) in [6, 6.07) is 10.6. The van der Waals surface area contributed by atoms with Gasteiger partial charge in [-0.1, -0.05) is 41.9 Å². The quantitative estimate of drug-likeness (QED) is 0.850. The standard InChI is InChI=1S/C18H23ClN4O2/c1-22(16-15(19)10-20-17(21-16)25-2)12-18(24)8-9-23(13-18)11-14-6-4-3-5-7-14/h3-7,10,24H,8-9,11-13H2,1-2H3. The first-order valence-electron chi connectivity index (χ1n) is 8.25. The molecule has 1 aliphatic rings. The van der Waals surface area contributed by atoms with Crippen LogP contribution in [0.25, 0.3) is 0 Å². The molecule has 0 bridgehead atoms. The molecule has 2 aromatic rings. The Bertz CT molecular complexity index is 715. The molecule has 0 amide bonds. The number of benzene rings is 1. The van der Waals surface area contributed by atoms with Gasteiger partial charge in [-0.2, -0.15) is 4.98 Å². The summed E-state index contributed by atoms with van der Waals surface area (Å²) in [6.07, 6.45) is 2.23. The fourth-order valence-corrected chi connectivity index (χ4v) is 3.51. The summed E-state index contributed by atoms with van der Waals surface area (Å²) < 4.78 is 5.06. The van der Waals surface area contributed by atoms with Crippen LogP contribution in [0, 0.1) is 0 Å². The zero-order valence-electron chi connectivity index (χ0n) is 14.5. The molecule has 1 fully saturated rings. The highest BCUT2D eigenvalue weighted by Gasteiger charge is 2.37. The van der Waals surface area contributed by atoms with E-state index in [1.807, 2.05) is 30.1 Å². The van der Waals surface area contributed by atoms with Crippen molar-refractivity contribution < 1.29 is 9.84 Å². The molecular weight excluding hydrogens is 340 g/mol. The summed E-state index contributed by atoms with van der Waals surface area (Å²) in [5.74, 6) is 0.559. The van der Waals surface area contributed by atoms with E-state index in [1.165, 1.54) is 18.9 Å². The highest BCUT2D eigenvalue weighted by molar-refractivity contribution is 6.32. The number of hydrogen-bond acceptors (Lipinski definition) is 6.